The minimum atomic E-state index is -3.64. The first-order chi connectivity index (χ1) is 6.93. The molecule has 0 aromatic carbocycles. The fraction of sp³-hybridized carbons (Fsp3) is 0.375. The van der Waals surface area contributed by atoms with Crippen molar-refractivity contribution in [3.63, 3.8) is 0 Å². The molecular weight excluding hydrogens is 218 g/mol. The highest BCUT2D eigenvalue weighted by Gasteiger charge is 2.11. The van der Waals surface area contributed by atoms with E-state index in [9.17, 15) is 8.42 Å². The van der Waals surface area contributed by atoms with E-state index in [4.69, 9.17) is 9.88 Å². The van der Waals surface area contributed by atoms with Crippen molar-refractivity contribution >= 4 is 10.2 Å². The first kappa shape index (κ1) is 11.9. The molecule has 1 rings (SSSR count). The molecule has 0 atom stereocenters. The van der Waals surface area contributed by atoms with Gasteiger partial charge in [0.1, 0.15) is 0 Å². The standard InChI is InChI=1S/C8H13N3O3S/c1-11(15(9,12)13)6-7-3-4-8(14-2)10-5-7/h3-5H,6H2,1-2H3,(H2,9,12,13). The Kier molecular flexibility index (Phi) is 3.61. The molecule has 1 aromatic heterocycles. The molecule has 2 N–H and O–H groups in total. The van der Waals surface area contributed by atoms with Gasteiger partial charge in [0.25, 0.3) is 10.2 Å². The largest absolute Gasteiger partial charge is 0.481 e. The summed E-state index contributed by atoms with van der Waals surface area (Å²) in [6.45, 7) is 0.190. The normalized spacial score (nSPS) is 11.7. The van der Waals surface area contributed by atoms with E-state index in [2.05, 4.69) is 4.98 Å². The van der Waals surface area contributed by atoms with Crippen molar-refractivity contribution in [1.82, 2.24) is 9.29 Å². The molecule has 0 saturated heterocycles. The van der Waals surface area contributed by atoms with Gasteiger partial charge in [-0.3, -0.25) is 0 Å². The number of methoxy groups -OCH3 is 1. The molecule has 84 valence electrons. The molecule has 0 amide bonds. The van der Waals surface area contributed by atoms with Gasteiger partial charge >= 0.3 is 0 Å². The summed E-state index contributed by atoms with van der Waals surface area (Å²) in [4.78, 5) is 3.95. The first-order valence-corrected chi connectivity index (χ1v) is 5.67. The molecule has 0 spiro atoms. The van der Waals surface area contributed by atoms with Gasteiger partial charge in [-0.05, 0) is 5.56 Å². The summed E-state index contributed by atoms with van der Waals surface area (Å²) in [5.74, 6) is 0.483. The van der Waals surface area contributed by atoms with Crippen LogP contribution in [0.4, 0.5) is 0 Å². The SMILES string of the molecule is COc1ccc(CN(C)S(N)(=O)=O)cn1. The molecule has 0 unspecified atom stereocenters. The molecule has 1 aromatic rings. The predicted octanol–water partition coefficient (Wildman–Crippen LogP) is -0.274. The third-order valence-corrected chi connectivity index (χ3v) is 2.84. The van der Waals surface area contributed by atoms with E-state index in [-0.39, 0.29) is 6.54 Å². The maximum Gasteiger partial charge on any atom is 0.276 e. The van der Waals surface area contributed by atoms with Crippen molar-refractivity contribution in [2.24, 2.45) is 5.14 Å². The van der Waals surface area contributed by atoms with E-state index in [1.165, 1.54) is 14.2 Å². The maximum atomic E-state index is 10.9. The van der Waals surface area contributed by atoms with Crippen LogP contribution >= 0.6 is 0 Å². The van der Waals surface area contributed by atoms with Crippen LogP contribution in [0.2, 0.25) is 0 Å². The fourth-order valence-corrected chi connectivity index (χ4v) is 1.30. The number of pyridine rings is 1. The number of nitrogens with two attached hydrogens (primary N) is 1. The molecule has 0 aliphatic carbocycles. The zero-order chi connectivity index (χ0) is 11.5. The zero-order valence-corrected chi connectivity index (χ0v) is 9.36. The minimum Gasteiger partial charge on any atom is -0.481 e. The van der Waals surface area contributed by atoms with Crippen molar-refractivity contribution in [2.45, 2.75) is 6.54 Å². The van der Waals surface area contributed by atoms with Gasteiger partial charge in [-0.2, -0.15) is 12.7 Å². The monoisotopic (exact) mass is 231 g/mol. The number of nitrogens with zero attached hydrogens (tertiary/aromatic N) is 2. The molecule has 0 radical (unpaired) electrons. The van der Waals surface area contributed by atoms with Gasteiger partial charge in [0.05, 0.1) is 7.11 Å². The Morgan fingerprint density at radius 2 is 2.20 bits per heavy atom. The van der Waals surface area contributed by atoms with Gasteiger partial charge in [0.2, 0.25) is 5.88 Å². The van der Waals surface area contributed by atoms with E-state index in [0.29, 0.717) is 5.88 Å². The smallest absolute Gasteiger partial charge is 0.276 e. The Balaban J connectivity index is 2.74. The lowest BCUT2D eigenvalue weighted by molar-refractivity contribution is 0.397. The average Bonchev–Trinajstić information content (AvgIpc) is 2.17. The Hall–Kier alpha value is -1.18. The molecule has 0 aliphatic heterocycles. The average molecular weight is 231 g/mol. The summed E-state index contributed by atoms with van der Waals surface area (Å²) >= 11 is 0. The topological polar surface area (TPSA) is 85.5 Å². The highest BCUT2D eigenvalue weighted by atomic mass is 32.2. The van der Waals surface area contributed by atoms with Crippen LogP contribution in [0.1, 0.15) is 5.56 Å². The Morgan fingerprint density at radius 1 is 1.53 bits per heavy atom. The third-order valence-electron chi connectivity index (χ3n) is 1.85. The van der Waals surface area contributed by atoms with Crippen molar-refractivity contribution in [1.29, 1.82) is 0 Å². The van der Waals surface area contributed by atoms with E-state index < -0.39 is 10.2 Å². The second kappa shape index (κ2) is 4.56. The van der Waals surface area contributed by atoms with E-state index in [0.717, 1.165) is 9.87 Å². The molecule has 15 heavy (non-hydrogen) atoms. The molecule has 1 heterocycles. The van der Waals surface area contributed by atoms with Gasteiger partial charge in [-0.1, -0.05) is 6.07 Å². The van der Waals surface area contributed by atoms with Crippen LogP contribution in [-0.4, -0.2) is 31.9 Å². The highest BCUT2D eigenvalue weighted by molar-refractivity contribution is 7.86. The maximum absolute atomic E-state index is 10.9. The first-order valence-electron chi connectivity index (χ1n) is 4.16. The second-order valence-corrected chi connectivity index (χ2v) is 4.66. The predicted molar refractivity (Wildman–Crippen MR) is 55.4 cm³/mol. The van der Waals surface area contributed by atoms with Crippen LogP contribution in [0.3, 0.4) is 0 Å². The Labute approximate surface area is 88.9 Å². The number of ether oxygens (including phenoxy) is 1. The van der Waals surface area contributed by atoms with Crippen LogP contribution < -0.4 is 9.88 Å². The number of rotatable bonds is 4. The van der Waals surface area contributed by atoms with E-state index in [1.807, 2.05) is 0 Å². The van der Waals surface area contributed by atoms with Gasteiger partial charge in [-0.25, -0.2) is 10.1 Å². The lowest BCUT2D eigenvalue weighted by Crippen LogP contribution is -2.32. The van der Waals surface area contributed by atoms with Crippen LogP contribution in [0, 0.1) is 0 Å². The van der Waals surface area contributed by atoms with Gasteiger partial charge < -0.3 is 4.74 Å². The molecule has 6 nitrogen and oxygen atoms in total. The van der Waals surface area contributed by atoms with E-state index >= 15 is 0 Å². The van der Waals surface area contributed by atoms with Crippen molar-refractivity contribution in [3.8, 4) is 5.88 Å². The highest BCUT2D eigenvalue weighted by Crippen LogP contribution is 2.08. The molecule has 0 aliphatic rings. The molecule has 0 fully saturated rings. The lowest BCUT2D eigenvalue weighted by Gasteiger charge is -2.13. The summed E-state index contributed by atoms with van der Waals surface area (Å²) < 4.78 is 27.7. The van der Waals surface area contributed by atoms with Gasteiger partial charge in [0, 0.05) is 25.9 Å². The van der Waals surface area contributed by atoms with Crippen LogP contribution in [0.15, 0.2) is 18.3 Å². The van der Waals surface area contributed by atoms with Crippen molar-refractivity contribution in [3.05, 3.63) is 23.9 Å². The Bertz CT molecular complexity index is 415. The summed E-state index contributed by atoms with van der Waals surface area (Å²) in [7, 11) is -0.728. The third kappa shape index (κ3) is 3.46. The molecule has 0 saturated carbocycles. The lowest BCUT2D eigenvalue weighted by atomic mass is 10.3. The Morgan fingerprint density at radius 3 is 2.60 bits per heavy atom. The summed E-state index contributed by atoms with van der Waals surface area (Å²) in [5.41, 5.74) is 0.743. The number of hydrogen-bond acceptors (Lipinski definition) is 4. The van der Waals surface area contributed by atoms with Crippen molar-refractivity contribution < 1.29 is 13.2 Å². The quantitative estimate of drug-likeness (QED) is 0.772. The summed E-state index contributed by atoms with van der Waals surface area (Å²) in [5, 5.41) is 4.94. The van der Waals surface area contributed by atoms with E-state index in [1.54, 1.807) is 18.3 Å². The van der Waals surface area contributed by atoms with Crippen LogP contribution in [0.25, 0.3) is 0 Å². The summed E-state index contributed by atoms with van der Waals surface area (Å²) in [6, 6.07) is 3.39. The molecule has 7 heteroatoms. The second-order valence-electron chi connectivity index (χ2n) is 3.01. The molecular formula is C8H13N3O3S. The fourth-order valence-electron chi connectivity index (χ4n) is 0.972. The van der Waals surface area contributed by atoms with Gasteiger partial charge in [-0.15, -0.1) is 0 Å². The summed E-state index contributed by atoms with van der Waals surface area (Å²) in [6.07, 6.45) is 1.54. The number of hydrogen-bond donors (Lipinski definition) is 1. The molecule has 0 bridgehead atoms. The van der Waals surface area contributed by atoms with Crippen LogP contribution in [0.5, 0.6) is 5.88 Å². The van der Waals surface area contributed by atoms with Gasteiger partial charge in [0.15, 0.2) is 0 Å². The minimum absolute atomic E-state index is 0.190. The van der Waals surface area contributed by atoms with Crippen LogP contribution in [-0.2, 0) is 16.8 Å². The number of aromatic nitrogens is 1. The van der Waals surface area contributed by atoms with Crippen molar-refractivity contribution in [2.75, 3.05) is 14.2 Å². The zero-order valence-electron chi connectivity index (χ0n) is 8.54.